The van der Waals surface area contributed by atoms with Crippen LogP contribution in [-0.2, 0) is 12.1 Å². The molecule has 0 aliphatic carbocycles. The standard InChI is InChI=1S/C19H22FNO2/c1-23-16-7-8-17(18(20)13-16)19(22)9-11-21(12-10-19)14-15-5-3-2-4-6-15/h2-8,13,22H,9-12,14H2,1H3. The van der Waals surface area contributed by atoms with Crippen molar-refractivity contribution in [2.75, 3.05) is 20.2 Å². The highest BCUT2D eigenvalue weighted by atomic mass is 19.1. The first kappa shape index (κ1) is 16.0. The molecule has 1 fully saturated rings. The van der Waals surface area contributed by atoms with E-state index >= 15 is 0 Å². The molecule has 1 heterocycles. The SMILES string of the molecule is COc1ccc(C2(O)CCN(Cc3ccccc3)CC2)c(F)c1. The van der Waals surface area contributed by atoms with E-state index in [-0.39, 0.29) is 0 Å². The molecule has 4 heteroatoms. The highest BCUT2D eigenvalue weighted by Gasteiger charge is 2.36. The number of methoxy groups -OCH3 is 1. The van der Waals surface area contributed by atoms with Crippen LogP contribution in [0.3, 0.4) is 0 Å². The van der Waals surface area contributed by atoms with Gasteiger partial charge in [-0.15, -0.1) is 0 Å². The zero-order chi connectivity index (χ0) is 16.3. The number of benzene rings is 2. The number of piperidine rings is 1. The van der Waals surface area contributed by atoms with Gasteiger partial charge in [0, 0.05) is 31.3 Å². The van der Waals surface area contributed by atoms with Gasteiger partial charge in [0.15, 0.2) is 0 Å². The normalized spacial score (nSPS) is 17.9. The highest BCUT2D eigenvalue weighted by Crippen LogP contribution is 2.35. The Kier molecular flexibility index (Phi) is 4.64. The number of rotatable bonds is 4. The summed E-state index contributed by atoms with van der Waals surface area (Å²) in [5.41, 5.74) is 0.537. The van der Waals surface area contributed by atoms with Gasteiger partial charge in [0.25, 0.3) is 0 Å². The Morgan fingerprint density at radius 2 is 1.83 bits per heavy atom. The predicted octanol–water partition coefficient (Wildman–Crippen LogP) is 3.32. The molecule has 122 valence electrons. The Morgan fingerprint density at radius 3 is 2.43 bits per heavy atom. The van der Waals surface area contributed by atoms with E-state index < -0.39 is 11.4 Å². The van der Waals surface area contributed by atoms with E-state index in [0.29, 0.717) is 24.2 Å². The van der Waals surface area contributed by atoms with Crippen molar-refractivity contribution in [1.29, 1.82) is 0 Å². The van der Waals surface area contributed by atoms with Crippen LogP contribution in [0.25, 0.3) is 0 Å². The van der Waals surface area contributed by atoms with E-state index in [1.165, 1.54) is 18.7 Å². The Balaban J connectivity index is 1.67. The molecular weight excluding hydrogens is 293 g/mol. The second-order valence-electron chi connectivity index (χ2n) is 6.14. The third-order valence-corrected chi connectivity index (χ3v) is 4.61. The van der Waals surface area contributed by atoms with E-state index in [1.807, 2.05) is 18.2 Å². The molecule has 0 radical (unpaired) electrons. The van der Waals surface area contributed by atoms with E-state index in [0.717, 1.165) is 19.6 Å². The Morgan fingerprint density at radius 1 is 1.13 bits per heavy atom. The quantitative estimate of drug-likeness (QED) is 0.939. The molecule has 0 aromatic heterocycles. The minimum absolute atomic E-state index is 0.373. The lowest BCUT2D eigenvalue weighted by Gasteiger charge is -2.38. The lowest BCUT2D eigenvalue weighted by Crippen LogP contribution is -2.42. The number of aliphatic hydroxyl groups is 1. The summed E-state index contributed by atoms with van der Waals surface area (Å²) in [7, 11) is 1.51. The summed E-state index contributed by atoms with van der Waals surface area (Å²) in [4.78, 5) is 2.30. The maximum Gasteiger partial charge on any atom is 0.132 e. The monoisotopic (exact) mass is 315 g/mol. The van der Waals surface area contributed by atoms with Gasteiger partial charge in [-0.2, -0.15) is 0 Å². The molecule has 0 bridgehead atoms. The van der Waals surface area contributed by atoms with E-state index in [1.54, 1.807) is 12.1 Å². The van der Waals surface area contributed by atoms with Crippen LogP contribution in [0.5, 0.6) is 5.75 Å². The molecule has 0 spiro atoms. The van der Waals surface area contributed by atoms with Crippen LogP contribution in [0.4, 0.5) is 4.39 Å². The summed E-state index contributed by atoms with van der Waals surface area (Å²) in [6.45, 7) is 2.36. The van der Waals surface area contributed by atoms with Crippen LogP contribution in [0.1, 0.15) is 24.0 Å². The highest BCUT2D eigenvalue weighted by molar-refractivity contribution is 5.33. The maximum atomic E-state index is 14.3. The van der Waals surface area contributed by atoms with Crippen molar-refractivity contribution in [3.8, 4) is 5.75 Å². The molecule has 2 aromatic rings. The molecule has 1 aliphatic rings. The molecule has 0 atom stereocenters. The number of halogens is 1. The first-order valence-electron chi connectivity index (χ1n) is 7.93. The largest absolute Gasteiger partial charge is 0.497 e. The first-order chi connectivity index (χ1) is 11.1. The fourth-order valence-corrected chi connectivity index (χ4v) is 3.19. The Labute approximate surface area is 136 Å². The van der Waals surface area contributed by atoms with Gasteiger partial charge in [-0.25, -0.2) is 4.39 Å². The van der Waals surface area contributed by atoms with Gasteiger partial charge in [0.1, 0.15) is 11.6 Å². The third-order valence-electron chi connectivity index (χ3n) is 4.61. The van der Waals surface area contributed by atoms with E-state index in [2.05, 4.69) is 17.0 Å². The van der Waals surface area contributed by atoms with E-state index in [9.17, 15) is 9.50 Å². The van der Waals surface area contributed by atoms with Crippen molar-refractivity contribution in [2.45, 2.75) is 25.0 Å². The topological polar surface area (TPSA) is 32.7 Å². The molecule has 1 aliphatic heterocycles. The average Bonchev–Trinajstić information content (AvgIpc) is 2.58. The smallest absolute Gasteiger partial charge is 0.132 e. The zero-order valence-electron chi connectivity index (χ0n) is 13.3. The minimum Gasteiger partial charge on any atom is -0.497 e. The third kappa shape index (κ3) is 3.54. The summed E-state index contributed by atoms with van der Waals surface area (Å²) in [5.74, 6) is 0.0692. The van der Waals surface area contributed by atoms with Gasteiger partial charge in [0.05, 0.1) is 12.7 Å². The molecular formula is C19H22FNO2. The molecule has 0 amide bonds. The summed E-state index contributed by atoms with van der Waals surface area (Å²) in [6, 6.07) is 14.9. The summed E-state index contributed by atoms with van der Waals surface area (Å²) >= 11 is 0. The van der Waals surface area contributed by atoms with Gasteiger partial charge < -0.3 is 9.84 Å². The molecule has 1 N–H and O–H groups in total. The second kappa shape index (κ2) is 6.69. The first-order valence-corrected chi connectivity index (χ1v) is 7.93. The molecule has 0 unspecified atom stereocenters. The van der Waals surface area contributed by atoms with Crippen LogP contribution in [-0.4, -0.2) is 30.2 Å². The summed E-state index contributed by atoms with van der Waals surface area (Å²) in [6.07, 6.45) is 1.06. The number of hydrogen-bond donors (Lipinski definition) is 1. The second-order valence-corrected chi connectivity index (χ2v) is 6.14. The van der Waals surface area contributed by atoms with Crippen LogP contribution in [0.15, 0.2) is 48.5 Å². The molecule has 3 nitrogen and oxygen atoms in total. The van der Waals surface area contributed by atoms with Gasteiger partial charge in [-0.1, -0.05) is 30.3 Å². The van der Waals surface area contributed by atoms with Crippen LogP contribution >= 0.6 is 0 Å². The lowest BCUT2D eigenvalue weighted by atomic mass is 9.84. The van der Waals surface area contributed by atoms with Crippen molar-refractivity contribution in [1.82, 2.24) is 4.90 Å². The van der Waals surface area contributed by atoms with Gasteiger partial charge in [0.2, 0.25) is 0 Å². The average molecular weight is 315 g/mol. The fraction of sp³-hybridized carbons (Fsp3) is 0.368. The molecule has 0 saturated carbocycles. The fourth-order valence-electron chi connectivity index (χ4n) is 3.19. The van der Waals surface area contributed by atoms with Crippen molar-refractivity contribution < 1.29 is 14.2 Å². The molecule has 23 heavy (non-hydrogen) atoms. The summed E-state index contributed by atoms with van der Waals surface area (Å²) < 4.78 is 19.3. The number of hydrogen-bond acceptors (Lipinski definition) is 3. The van der Waals surface area contributed by atoms with Gasteiger partial charge in [-0.05, 0) is 30.5 Å². The van der Waals surface area contributed by atoms with Crippen LogP contribution in [0.2, 0.25) is 0 Å². The Bertz CT molecular complexity index is 652. The van der Waals surface area contributed by atoms with Gasteiger partial charge >= 0.3 is 0 Å². The minimum atomic E-state index is -1.09. The number of likely N-dealkylation sites (tertiary alicyclic amines) is 1. The molecule has 1 saturated heterocycles. The van der Waals surface area contributed by atoms with E-state index in [4.69, 9.17) is 4.74 Å². The van der Waals surface area contributed by atoms with Crippen molar-refractivity contribution in [3.05, 3.63) is 65.5 Å². The van der Waals surface area contributed by atoms with Crippen LogP contribution < -0.4 is 4.74 Å². The zero-order valence-corrected chi connectivity index (χ0v) is 13.3. The van der Waals surface area contributed by atoms with Crippen molar-refractivity contribution in [2.24, 2.45) is 0 Å². The predicted molar refractivity (Wildman–Crippen MR) is 87.8 cm³/mol. The van der Waals surface area contributed by atoms with Crippen LogP contribution in [0, 0.1) is 5.82 Å². The van der Waals surface area contributed by atoms with Gasteiger partial charge in [-0.3, -0.25) is 4.90 Å². The van der Waals surface area contributed by atoms with Crippen molar-refractivity contribution >= 4 is 0 Å². The maximum absolute atomic E-state index is 14.3. The lowest BCUT2D eigenvalue weighted by molar-refractivity contribution is -0.0303. The number of nitrogens with zero attached hydrogens (tertiary/aromatic N) is 1. The van der Waals surface area contributed by atoms with Crippen molar-refractivity contribution in [3.63, 3.8) is 0 Å². The molecule has 2 aromatic carbocycles. The molecule has 3 rings (SSSR count). The summed E-state index contributed by atoms with van der Waals surface area (Å²) in [5, 5.41) is 10.9. The number of ether oxygens (including phenoxy) is 1. The Hall–Kier alpha value is -1.91.